The molecule has 20 heavy (non-hydrogen) atoms. The number of morpholine rings is 1. The van der Waals surface area contributed by atoms with Crippen LogP contribution in [0.4, 0.5) is 0 Å². The van der Waals surface area contributed by atoms with Crippen molar-refractivity contribution in [2.24, 2.45) is 0 Å². The minimum Gasteiger partial charge on any atom is -0.372 e. The third-order valence-electron chi connectivity index (χ3n) is 3.21. The number of ether oxygens (including phenoxy) is 1. The number of rotatable bonds is 3. The summed E-state index contributed by atoms with van der Waals surface area (Å²) >= 11 is 7.43. The van der Waals surface area contributed by atoms with Gasteiger partial charge in [0.2, 0.25) is 5.91 Å². The summed E-state index contributed by atoms with van der Waals surface area (Å²) < 4.78 is 5.66. The lowest BCUT2D eigenvalue weighted by Crippen LogP contribution is -2.50. The molecule has 0 aromatic heterocycles. The van der Waals surface area contributed by atoms with E-state index < -0.39 is 0 Å². The van der Waals surface area contributed by atoms with E-state index in [9.17, 15) is 4.79 Å². The Labute approximate surface area is 129 Å². The molecule has 1 aromatic carbocycles. The Morgan fingerprint density at radius 3 is 2.40 bits per heavy atom. The molecule has 0 radical (unpaired) electrons. The molecule has 2 rings (SSSR count). The van der Waals surface area contributed by atoms with Gasteiger partial charge in [-0.3, -0.25) is 4.79 Å². The number of hydrogen-bond acceptors (Lipinski definition) is 3. The van der Waals surface area contributed by atoms with Gasteiger partial charge in [0.25, 0.3) is 0 Å². The predicted molar refractivity (Wildman–Crippen MR) is 83.4 cm³/mol. The molecule has 1 amide bonds. The molecule has 1 aliphatic heterocycles. The molecule has 1 aliphatic rings. The Balaban J connectivity index is 1.96. The van der Waals surface area contributed by atoms with Crippen LogP contribution in [0.15, 0.2) is 29.2 Å². The van der Waals surface area contributed by atoms with Gasteiger partial charge in [-0.1, -0.05) is 11.6 Å². The number of carbonyl (C=O) groups excluding carboxylic acids is 1. The second kappa shape index (κ2) is 6.83. The van der Waals surface area contributed by atoms with Gasteiger partial charge >= 0.3 is 0 Å². The molecule has 1 saturated heterocycles. The molecule has 3 nitrogen and oxygen atoms in total. The average Bonchev–Trinajstić information content (AvgIpc) is 2.39. The quantitative estimate of drug-likeness (QED) is 0.800. The van der Waals surface area contributed by atoms with Crippen LogP contribution >= 0.6 is 23.4 Å². The molecule has 0 N–H and O–H groups in total. The van der Waals surface area contributed by atoms with E-state index in [2.05, 4.69) is 0 Å². The highest BCUT2D eigenvalue weighted by Gasteiger charge is 2.28. The van der Waals surface area contributed by atoms with E-state index in [1.807, 2.05) is 49.9 Å². The van der Waals surface area contributed by atoms with Gasteiger partial charge < -0.3 is 9.64 Å². The molecule has 0 saturated carbocycles. The summed E-state index contributed by atoms with van der Waals surface area (Å²) in [5.74, 6) is 0.173. The van der Waals surface area contributed by atoms with Gasteiger partial charge in [-0.15, -0.1) is 11.8 Å². The fraction of sp³-hybridized carbons (Fsp3) is 0.533. The fourth-order valence-corrected chi connectivity index (χ4v) is 3.46. The molecular formula is C15H20ClNO2S. The van der Waals surface area contributed by atoms with Crippen molar-refractivity contribution in [3.8, 4) is 0 Å². The van der Waals surface area contributed by atoms with Crippen LogP contribution in [0, 0.1) is 0 Å². The molecule has 0 unspecified atom stereocenters. The maximum Gasteiger partial charge on any atom is 0.235 e. The zero-order valence-electron chi connectivity index (χ0n) is 12.0. The van der Waals surface area contributed by atoms with Gasteiger partial charge in [0.05, 0.1) is 17.5 Å². The van der Waals surface area contributed by atoms with Crippen LogP contribution in [-0.4, -0.2) is 41.4 Å². The Morgan fingerprint density at radius 2 is 1.85 bits per heavy atom. The van der Waals surface area contributed by atoms with E-state index in [4.69, 9.17) is 16.3 Å². The van der Waals surface area contributed by atoms with Crippen molar-refractivity contribution in [3.63, 3.8) is 0 Å². The standard InChI is InChI=1S/C15H20ClNO2S/c1-10-8-17(9-11(2)19-10)15(18)12(3)20-14-6-4-13(16)5-7-14/h4-7,10-12H,8-9H2,1-3H3/t10-,11+,12-/m1/s1. The van der Waals surface area contributed by atoms with Crippen LogP contribution in [0.3, 0.4) is 0 Å². The third-order valence-corrected chi connectivity index (χ3v) is 4.56. The van der Waals surface area contributed by atoms with Crippen molar-refractivity contribution in [2.75, 3.05) is 13.1 Å². The van der Waals surface area contributed by atoms with E-state index in [-0.39, 0.29) is 23.4 Å². The number of amides is 1. The van der Waals surface area contributed by atoms with Crippen LogP contribution in [0.5, 0.6) is 0 Å². The van der Waals surface area contributed by atoms with Crippen LogP contribution in [0.1, 0.15) is 20.8 Å². The average molecular weight is 314 g/mol. The van der Waals surface area contributed by atoms with Gasteiger partial charge in [0.1, 0.15) is 0 Å². The molecule has 5 heteroatoms. The summed E-state index contributed by atoms with van der Waals surface area (Å²) in [4.78, 5) is 15.5. The topological polar surface area (TPSA) is 29.5 Å². The number of thioether (sulfide) groups is 1. The summed E-state index contributed by atoms with van der Waals surface area (Å²) in [5.41, 5.74) is 0. The first kappa shape index (κ1) is 15.7. The normalized spacial score (nSPS) is 24.5. The zero-order chi connectivity index (χ0) is 14.7. The summed E-state index contributed by atoms with van der Waals surface area (Å²) in [7, 11) is 0. The molecule has 0 aliphatic carbocycles. The predicted octanol–water partition coefficient (Wildman–Crippen LogP) is 3.46. The van der Waals surface area contributed by atoms with Gasteiger partial charge in [-0.25, -0.2) is 0 Å². The summed E-state index contributed by atoms with van der Waals surface area (Å²) in [6.07, 6.45) is 0.214. The Bertz CT molecular complexity index is 455. The summed E-state index contributed by atoms with van der Waals surface area (Å²) in [6.45, 7) is 7.32. The van der Waals surface area contributed by atoms with Gasteiger partial charge in [-0.05, 0) is 45.0 Å². The van der Waals surface area contributed by atoms with Gasteiger partial charge in [0.15, 0.2) is 0 Å². The minimum atomic E-state index is -0.103. The lowest BCUT2D eigenvalue weighted by atomic mass is 10.2. The Morgan fingerprint density at radius 1 is 1.30 bits per heavy atom. The van der Waals surface area contributed by atoms with E-state index in [1.165, 1.54) is 0 Å². The van der Waals surface area contributed by atoms with Gasteiger partial charge in [0, 0.05) is 23.0 Å². The smallest absolute Gasteiger partial charge is 0.235 e. The van der Waals surface area contributed by atoms with E-state index in [0.717, 1.165) is 4.90 Å². The van der Waals surface area contributed by atoms with Crippen molar-refractivity contribution in [2.45, 2.75) is 43.1 Å². The first-order valence-electron chi connectivity index (χ1n) is 6.82. The van der Waals surface area contributed by atoms with Crippen molar-refractivity contribution >= 4 is 29.3 Å². The molecule has 1 fully saturated rings. The number of nitrogens with zero attached hydrogens (tertiary/aromatic N) is 1. The number of carbonyl (C=O) groups is 1. The maximum absolute atomic E-state index is 12.5. The van der Waals surface area contributed by atoms with E-state index in [1.54, 1.807) is 11.8 Å². The number of benzene rings is 1. The zero-order valence-corrected chi connectivity index (χ0v) is 13.6. The molecule has 110 valence electrons. The first-order valence-corrected chi connectivity index (χ1v) is 8.08. The number of halogens is 1. The monoisotopic (exact) mass is 313 g/mol. The maximum atomic E-state index is 12.5. The highest BCUT2D eigenvalue weighted by Crippen LogP contribution is 2.26. The van der Waals surface area contributed by atoms with Crippen molar-refractivity contribution in [1.29, 1.82) is 0 Å². The summed E-state index contributed by atoms with van der Waals surface area (Å²) in [5, 5.41) is 0.609. The highest BCUT2D eigenvalue weighted by atomic mass is 35.5. The van der Waals surface area contributed by atoms with Crippen LogP contribution in [-0.2, 0) is 9.53 Å². The van der Waals surface area contributed by atoms with Crippen LogP contribution in [0.25, 0.3) is 0 Å². The highest BCUT2D eigenvalue weighted by molar-refractivity contribution is 8.00. The fourth-order valence-electron chi connectivity index (χ4n) is 2.38. The van der Waals surface area contributed by atoms with Crippen molar-refractivity contribution in [3.05, 3.63) is 29.3 Å². The second-order valence-corrected chi connectivity index (χ2v) is 7.07. The van der Waals surface area contributed by atoms with Gasteiger partial charge in [-0.2, -0.15) is 0 Å². The Hall–Kier alpha value is -0.710. The SMILES string of the molecule is C[C@@H]1CN(C(=O)[C@@H](C)Sc2ccc(Cl)cc2)C[C@H](C)O1. The molecule has 0 spiro atoms. The second-order valence-electron chi connectivity index (χ2n) is 5.21. The molecule has 1 heterocycles. The molecule has 3 atom stereocenters. The number of hydrogen-bond donors (Lipinski definition) is 0. The largest absolute Gasteiger partial charge is 0.372 e. The Kier molecular flexibility index (Phi) is 5.35. The van der Waals surface area contributed by atoms with E-state index >= 15 is 0 Å². The van der Waals surface area contributed by atoms with E-state index in [0.29, 0.717) is 18.1 Å². The van der Waals surface area contributed by atoms with Crippen molar-refractivity contribution < 1.29 is 9.53 Å². The molecule has 1 aromatic rings. The van der Waals surface area contributed by atoms with Crippen molar-refractivity contribution in [1.82, 2.24) is 4.90 Å². The van der Waals surface area contributed by atoms with Crippen LogP contribution < -0.4 is 0 Å². The first-order chi connectivity index (χ1) is 9.45. The lowest BCUT2D eigenvalue weighted by molar-refractivity contribution is -0.142. The molecule has 0 bridgehead atoms. The third kappa shape index (κ3) is 4.14. The molecular weight excluding hydrogens is 294 g/mol. The lowest BCUT2D eigenvalue weighted by Gasteiger charge is -2.36. The minimum absolute atomic E-state index is 0.103. The summed E-state index contributed by atoms with van der Waals surface area (Å²) in [6, 6.07) is 7.59. The van der Waals surface area contributed by atoms with Crippen LogP contribution in [0.2, 0.25) is 5.02 Å².